The standard InChI is InChI=1S/C14H19NO4/c1-2-17-14(16)11-6-3-7-12(13(11)15)19-9-10-5-4-8-18-10/h3,6-7,10H,2,4-5,8-9,15H2,1H3. The van der Waals surface area contributed by atoms with Crippen molar-refractivity contribution < 1.29 is 19.0 Å². The summed E-state index contributed by atoms with van der Waals surface area (Å²) in [5.41, 5.74) is 6.59. The van der Waals surface area contributed by atoms with E-state index in [1.165, 1.54) is 0 Å². The normalized spacial score (nSPS) is 18.3. The van der Waals surface area contributed by atoms with Crippen LogP contribution in [0.25, 0.3) is 0 Å². The molecule has 1 atom stereocenters. The van der Waals surface area contributed by atoms with Gasteiger partial charge in [-0.3, -0.25) is 0 Å². The summed E-state index contributed by atoms with van der Waals surface area (Å²) >= 11 is 0. The number of anilines is 1. The largest absolute Gasteiger partial charge is 0.489 e. The van der Waals surface area contributed by atoms with Crippen LogP contribution < -0.4 is 10.5 Å². The lowest BCUT2D eigenvalue weighted by Crippen LogP contribution is -2.17. The minimum atomic E-state index is -0.428. The van der Waals surface area contributed by atoms with Crippen LogP contribution in [0.3, 0.4) is 0 Å². The van der Waals surface area contributed by atoms with Crippen molar-refractivity contribution in [2.75, 3.05) is 25.6 Å². The molecule has 1 heterocycles. The number of para-hydroxylation sites is 1. The van der Waals surface area contributed by atoms with Crippen molar-refractivity contribution >= 4 is 11.7 Å². The van der Waals surface area contributed by atoms with E-state index in [-0.39, 0.29) is 6.10 Å². The number of ether oxygens (including phenoxy) is 3. The fourth-order valence-corrected chi connectivity index (χ4v) is 2.02. The van der Waals surface area contributed by atoms with Gasteiger partial charge in [-0.2, -0.15) is 0 Å². The second-order valence-electron chi connectivity index (χ2n) is 4.38. The van der Waals surface area contributed by atoms with E-state index in [0.717, 1.165) is 19.4 Å². The molecular weight excluding hydrogens is 246 g/mol. The van der Waals surface area contributed by atoms with E-state index in [1.807, 2.05) is 0 Å². The highest BCUT2D eigenvalue weighted by Crippen LogP contribution is 2.26. The number of esters is 1. The Labute approximate surface area is 112 Å². The molecular formula is C14H19NO4. The molecule has 104 valence electrons. The Bertz CT molecular complexity index is 441. The quantitative estimate of drug-likeness (QED) is 0.651. The Balaban J connectivity index is 2.03. The van der Waals surface area contributed by atoms with Crippen molar-refractivity contribution in [3.8, 4) is 5.75 Å². The summed E-state index contributed by atoms with van der Waals surface area (Å²) in [4.78, 5) is 11.7. The molecule has 1 aromatic rings. The average Bonchev–Trinajstić information content (AvgIpc) is 2.91. The van der Waals surface area contributed by atoms with Crippen LogP contribution in [-0.2, 0) is 9.47 Å². The number of hydrogen-bond donors (Lipinski definition) is 1. The first kappa shape index (κ1) is 13.7. The molecule has 5 heteroatoms. The predicted octanol–water partition coefficient (Wildman–Crippen LogP) is 2.00. The third kappa shape index (κ3) is 3.38. The van der Waals surface area contributed by atoms with E-state index < -0.39 is 5.97 Å². The van der Waals surface area contributed by atoms with Gasteiger partial charge in [-0.25, -0.2) is 4.79 Å². The molecule has 0 radical (unpaired) electrons. The number of nitrogen functional groups attached to an aromatic ring is 1. The summed E-state index contributed by atoms with van der Waals surface area (Å²) in [6.07, 6.45) is 2.18. The van der Waals surface area contributed by atoms with E-state index >= 15 is 0 Å². The zero-order chi connectivity index (χ0) is 13.7. The Morgan fingerprint density at radius 3 is 3.05 bits per heavy atom. The number of rotatable bonds is 5. The maximum Gasteiger partial charge on any atom is 0.340 e. The third-order valence-corrected chi connectivity index (χ3v) is 3.01. The summed E-state index contributed by atoms with van der Waals surface area (Å²) in [7, 11) is 0. The molecule has 19 heavy (non-hydrogen) atoms. The summed E-state index contributed by atoms with van der Waals surface area (Å²) in [6, 6.07) is 5.10. The van der Waals surface area contributed by atoms with Crippen molar-refractivity contribution in [2.24, 2.45) is 0 Å². The van der Waals surface area contributed by atoms with Crippen molar-refractivity contribution in [2.45, 2.75) is 25.9 Å². The highest BCUT2D eigenvalue weighted by atomic mass is 16.5. The summed E-state index contributed by atoms with van der Waals surface area (Å²) < 4.78 is 16.0. The van der Waals surface area contributed by atoms with Crippen LogP contribution in [0, 0.1) is 0 Å². The first-order valence-corrected chi connectivity index (χ1v) is 6.52. The minimum Gasteiger partial charge on any atom is -0.489 e. The van der Waals surface area contributed by atoms with E-state index in [0.29, 0.717) is 30.2 Å². The Morgan fingerprint density at radius 1 is 1.53 bits per heavy atom. The number of nitrogens with two attached hydrogens (primary N) is 1. The van der Waals surface area contributed by atoms with Crippen LogP contribution in [0.4, 0.5) is 5.69 Å². The SMILES string of the molecule is CCOC(=O)c1cccc(OCC2CCCO2)c1N. The van der Waals surface area contributed by atoms with Crippen molar-refractivity contribution in [1.82, 2.24) is 0 Å². The Morgan fingerprint density at radius 2 is 2.37 bits per heavy atom. The minimum absolute atomic E-state index is 0.116. The lowest BCUT2D eigenvalue weighted by molar-refractivity contribution is 0.0526. The first-order valence-electron chi connectivity index (χ1n) is 6.52. The Hall–Kier alpha value is -1.75. The van der Waals surface area contributed by atoms with Gasteiger partial charge in [-0.1, -0.05) is 6.07 Å². The van der Waals surface area contributed by atoms with Gasteiger partial charge in [0, 0.05) is 6.61 Å². The van der Waals surface area contributed by atoms with Gasteiger partial charge in [0.25, 0.3) is 0 Å². The van der Waals surface area contributed by atoms with Gasteiger partial charge in [0.2, 0.25) is 0 Å². The molecule has 1 aliphatic heterocycles. The highest BCUT2D eigenvalue weighted by molar-refractivity contribution is 5.96. The molecule has 1 unspecified atom stereocenters. The first-order chi connectivity index (χ1) is 9.22. The van der Waals surface area contributed by atoms with Gasteiger partial charge in [0.15, 0.2) is 0 Å². The van der Waals surface area contributed by atoms with Gasteiger partial charge in [-0.05, 0) is 31.9 Å². The molecule has 0 saturated carbocycles. The van der Waals surface area contributed by atoms with Crippen LogP contribution in [0.15, 0.2) is 18.2 Å². The second-order valence-corrected chi connectivity index (χ2v) is 4.38. The monoisotopic (exact) mass is 265 g/mol. The molecule has 2 rings (SSSR count). The van der Waals surface area contributed by atoms with E-state index in [1.54, 1.807) is 25.1 Å². The molecule has 0 bridgehead atoms. The zero-order valence-corrected chi connectivity index (χ0v) is 11.1. The van der Waals surface area contributed by atoms with Gasteiger partial charge >= 0.3 is 5.97 Å². The molecule has 1 saturated heterocycles. The molecule has 0 aromatic heterocycles. The van der Waals surface area contributed by atoms with Crippen molar-refractivity contribution in [1.29, 1.82) is 0 Å². The van der Waals surface area contributed by atoms with Crippen LogP contribution in [0.1, 0.15) is 30.1 Å². The Kier molecular flexibility index (Phi) is 4.63. The lowest BCUT2D eigenvalue weighted by atomic mass is 10.1. The molecule has 1 aliphatic rings. The van der Waals surface area contributed by atoms with Crippen LogP contribution >= 0.6 is 0 Å². The van der Waals surface area contributed by atoms with E-state index in [9.17, 15) is 4.79 Å². The fourth-order valence-electron chi connectivity index (χ4n) is 2.02. The van der Waals surface area contributed by atoms with Gasteiger partial charge in [0.1, 0.15) is 12.4 Å². The molecule has 0 spiro atoms. The molecule has 2 N–H and O–H groups in total. The smallest absolute Gasteiger partial charge is 0.340 e. The molecule has 0 amide bonds. The number of hydrogen-bond acceptors (Lipinski definition) is 5. The average molecular weight is 265 g/mol. The third-order valence-electron chi connectivity index (χ3n) is 3.01. The second kappa shape index (κ2) is 6.43. The molecule has 0 aliphatic carbocycles. The van der Waals surface area contributed by atoms with Gasteiger partial charge in [0.05, 0.1) is 24.0 Å². The summed E-state index contributed by atoms with van der Waals surface area (Å²) in [5, 5.41) is 0. The fraction of sp³-hybridized carbons (Fsp3) is 0.500. The van der Waals surface area contributed by atoms with Crippen molar-refractivity contribution in [3.05, 3.63) is 23.8 Å². The number of carbonyl (C=O) groups excluding carboxylic acids is 1. The van der Waals surface area contributed by atoms with Crippen LogP contribution in [-0.4, -0.2) is 31.9 Å². The molecule has 5 nitrogen and oxygen atoms in total. The predicted molar refractivity (Wildman–Crippen MR) is 71.3 cm³/mol. The van der Waals surface area contributed by atoms with E-state index in [2.05, 4.69) is 0 Å². The van der Waals surface area contributed by atoms with E-state index in [4.69, 9.17) is 19.9 Å². The summed E-state index contributed by atoms with van der Waals surface area (Å²) in [6.45, 7) is 3.31. The maximum absolute atomic E-state index is 11.7. The maximum atomic E-state index is 11.7. The van der Waals surface area contributed by atoms with Gasteiger partial charge in [-0.15, -0.1) is 0 Å². The van der Waals surface area contributed by atoms with Crippen molar-refractivity contribution in [3.63, 3.8) is 0 Å². The lowest BCUT2D eigenvalue weighted by Gasteiger charge is -2.14. The summed E-state index contributed by atoms with van der Waals surface area (Å²) in [5.74, 6) is 0.0728. The van der Waals surface area contributed by atoms with Crippen LogP contribution in [0.2, 0.25) is 0 Å². The topological polar surface area (TPSA) is 70.8 Å². The molecule has 1 aromatic carbocycles. The van der Waals surface area contributed by atoms with Gasteiger partial charge < -0.3 is 19.9 Å². The molecule has 1 fully saturated rings. The number of carbonyl (C=O) groups is 1. The zero-order valence-electron chi connectivity index (χ0n) is 11.1. The van der Waals surface area contributed by atoms with Crippen LogP contribution in [0.5, 0.6) is 5.75 Å². The number of benzene rings is 1. The highest BCUT2D eigenvalue weighted by Gasteiger charge is 2.18.